The Bertz CT molecular complexity index is 263. The average Bonchev–Trinajstić information content (AvgIpc) is 2.04. The van der Waals surface area contributed by atoms with Crippen LogP contribution in [0.15, 0.2) is 23.5 Å². The SMILES string of the molecule is CCOC(=O)C1=CCC(C)C=C1O. The maximum absolute atomic E-state index is 11.2. The van der Waals surface area contributed by atoms with E-state index in [0.717, 1.165) is 6.42 Å². The number of esters is 1. The number of carbonyl (C=O) groups excluding carboxylic acids is 1. The van der Waals surface area contributed by atoms with Gasteiger partial charge in [0.2, 0.25) is 0 Å². The number of carbonyl (C=O) groups is 1. The summed E-state index contributed by atoms with van der Waals surface area (Å²) in [6.45, 7) is 4.05. The Labute approximate surface area is 77.7 Å². The second-order valence-corrected chi connectivity index (χ2v) is 3.10. The maximum atomic E-state index is 11.2. The molecule has 0 saturated carbocycles. The molecule has 0 radical (unpaired) electrons. The lowest BCUT2D eigenvalue weighted by Crippen LogP contribution is -2.13. The molecule has 0 fully saturated rings. The fraction of sp³-hybridized carbons (Fsp3) is 0.500. The van der Waals surface area contributed by atoms with Gasteiger partial charge < -0.3 is 9.84 Å². The molecule has 0 aromatic carbocycles. The van der Waals surface area contributed by atoms with Gasteiger partial charge in [-0.25, -0.2) is 4.79 Å². The molecule has 1 N–H and O–H groups in total. The molecular weight excluding hydrogens is 168 g/mol. The van der Waals surface area contributed by atoms with Crippen LogP contribution in [0.3, 0.4) is 0 Å². The highest BCUT2D eigenvalue weighted by Crippen LogP contribution is 2.21. The van der Waals surface area contributed by atoms with Gasteiger partial charge in [-0.05, 0) is 25.3 Å². The summed E-state index contributed by atoms with van der Waals surface area (Å²) in [5, 5.41) is 9.43. The number of allylic oxidation sites excluding steroid dienone is 2. The third kappa shape index (κ3) is 2.34. The largest absolute Gasteiger partial charge is 0.507 e. The first-order chi connectivity index (χ1) is 6.15. The summed E-state index contributed by atoms with van der Waals surface area (Å²) in [5.74, 6) is -0.112. The lowest BCUT2D eigenvalue weighted by Gasteiger charge is -2.13. The zero-order valence-electron chi connectivity index (χ0n) is 7.91. The van der Waals surface area contributed by atoms with E-state index in [4.69, 9.17) is 4.74 Å². The summed E-state index contributed by atoms with van der Waals surface area (Å²) in [6.07, 6.45) is 4.17. The molecule has 0 aliphatic heterocycles. The van der Waals surface area contributed by atoms with E-state index in [1.807, 2.05) is 6.92 Å². The molecule has 0 spiro atoms. The van der Waals surface area contributed by atoms with E-state index in [-0.39, 0.29) is 11.7 Å². The third-order valence-electron chi connectivity index (χ3n) is 1.91. The maximum Gasteiger partial charge on any atom is 0.341 e. The summed E-state index contributed by atoms with van der Waals surface area (Å²) in [7, 11) is 0. The number of hydrogen-bond acceptors (Lipinski definition) is 3. The normalized spacial score (nSPS) is 21.8. The van der Waals surface area contributed by atoms with Crippen molar-refractivity contribution in [2.75, 3.05) is 6.61 Å². The first-order valence-corrected chi connectivity index (χ1v) is 4.43. The minimum absolute atomic E-state index is 0.0391. The van der Waals surface area contributed by atoms with E-state index < -0.39 is 5.97 Å². The zero-order chi connectivity index (χ0) is 9.84. The van der Waals surface area contributed by atoms with Crippen LogP contribution in [0.4, 0.5) is 0 Å². The van der Waals surface area contributed by atoms with Crippen molar-refractivity contribution in [2.24, 2.45) is 5.92 Å². The van der Waals surface area contributed by atoms with Crippen molar-refractivity contribution in [3.63, 3.8) is 0 Å². The predicted molar refractivity (Wildman–Crippen MR) is 49.2 cm³/mol. The van der Waals surface area contributed by atoms with Crippen LogP contribution in [0.25, 0.3) is 0 Å². The van der Waals surface area contributed by atoms with Crippen LogP contribution in [0.1, 0.15) is 20.3 Å². The van der Waals surface area contributed by atoms with Gasteiger partial charge >= 0.3 is 5.97 Å². The lowest BCUT2D eigenvalue weighted by molar-refractivity contribution is -0.138. The van der Waals surface area contributed by atoms with Crippen molar-refractivity contribution >= 4 is 5.97 Å². The van der Waals surface area contributed by atoms with E-state index >= 15 is 0 Å². The van der Waals surface area contributed by atoms with E-state index in [1.165, 1.54) is 0 Å². The van der Waals surface area contributed by atoms with Crippen LogP contribution in [0, 0.1) is 5.92 Å². The van der Waals surface area contributed by atoms with Crippen LogP contribution in [0.2, 0.25) is 0 Å². The van der Waals surface area contributed by atoms with E-state index in [9.17, 15) is 9.90 Å². The standard InChI is InChI=1S/C10H14O3/c1-3-13-10(12)8-5-4-7(2)6-9(8)11/h5-7,11H,3-4H2,1-2H3. The summed E-state index contributed by atoms with van der Waals surface area (Å²) >= 11 is 0. The Kier molecular flexibility index (Phi) is 3.12. The Morgan fingerprint density at radius 2 is 2.46 bits per heavy atom. The molecule has 0 amide bonds. The predicted octanol–water partition coefficient (Wildman–Crippen LogP) is 1.96. The molecule has 1 rings (SSSR count). The minimum atomic E-state index is -0.442. The molecule has 1 aliphatic rings. The van der Waals surface area contributed by atoms with Crippen LogP contribution in [-0.4, -0.2) is 17.7 Å². The van der Waals surface area contributed by atoms with Gasteiger partial charge in [-0.2, -0.15) is 0 Å². The van der Waals surface area contributed by atoms with Crippen LogP contribution in [-0.2, 0) is 9.53 Å². The number of ether oxygens (including phenoxy) is 1. The van der Waals surface area contributed by atoms with Crippen molar-refractivity contribution in [3.8, 4) is 0 Å². The molecule has 1 unspecified atom stereocenters. The summed E-state index contributed by atoms with van der Waals surface area (Å²) in [6, 6.07) is 0. The molecule has 0 aromatic rings. The molecule has 1 aliphatic carbocycles. The highest BCUT2D eigenvalue weighted by atomic mass is 16.5. The molecule has 0 aromatic heterocycles. The van der Waals surface area contributed by atoms with Crippen molar-refractivity contribution in [1.82, 2.24) is 0 Å². The molecular formula is C10H14O3. The van der Waals surface area contributed by atoms with E-state index in [2.05, 4.69) is 0 Å². The molecule has 0 saturated heterocycles. The summed E-state index contributed by atoms with van der Waals surface area (Å²) in [4.78, 5) is 11.2. The molecule has 3 heteroatoms. The van der Waals surface area contributed by atoms with E-state index in [1.54, 1.807) is 19.1 Å². The van der Waals surface area contributed by atoms with E-state index in [0.29, 0.717) is 12.2 Å². The average molecular weight is 182 g/mol. The smallest absolute Gasteiger partial charge is 0.341 e. The zero-order valence-corrected chi connectivity index (χ0v) is 7.91. The van der Waals surface area contributed by atoms with Crippen molar-refractivity contribution in [2.45, 2.75) is 20.3 Å². The van der Waals surface area contributed by atoms with Crippen LogP contribution >= 0.6 is 0 Å². The van der Waals surface area contributed by atoms with Gasteiger partial charge in [-0.3, -0.25) is 0 Å². The monoisotopic (exact) mass is 182 g/mol. The Morgan fingerprint density at radius 3 is 3.00 bits per heavy atom. The third-order valence-corrected chi connectivity index (χ3v) is 1.91. The molecule has 13 heavy (non-hydrogen) atoms. The van der Waals surface area contributed by atoms with Gasteiger partial charge in [0.1, 0.15) is 5.76 Å². The van der Waals surface area contributed by atoms with Gasteiger partial charge in [0.05, 0.1) is 12.2 Å². The highest BCUT2D eigenvalue weighted by molar-refractivity contribution is 5.92. The van der Waals surface area contributed by atoms with Crippen molar-refractivity contribution in [1.29, 1.82) is 0 Å². The molecule has 72 valence electrons. The van der Waals surface area contributed by atoms with Crippen molar-refractivity contribution in [3.05, 3.63) is 23.5 Å². The van der Waals surface area contributed by atoms with Gasteiger partial charge in [0, 0.05) is 0 Å². The van der Waals surface area contributed by atoms with Gasteiger partial charge in [0.25, 0.3) is 0 Å². The first-order valence-electron chi connectivity index (χ1n) is 4.43. The van der Waals surface area contributed by atoms with Gasteiger partial charge in [-0.1, -0.05) is 13.0 Å². The van der Waals surface area contributed by atoms with Crippen molar-refractivity contribution < 1.29 is 14.6 Å². The lowest BCUT2D eigenvalue weighted by atomic mass is 9.97. The number of aliphatic hydroxyl groups is 1. The fourth-order valence-corrected chi connectivity index (χ4v) is 1.23. The van der Waals surface area contributed by atoms with Gasteiger partial charge in [0.15, 0.2) is 0 Å². The quantitative estimate of drug-likeness (QED) is 0.664. The molecule has 0 bridgehead atoms. The number of aliphatic hydroxyl groups excluding tert-OH is 1. The summed E-state index contributed by atoms with van der Waals surface area (Å²) in [5.41, 5.74) is 0.292. The second kappa shape index (κ2) is 4.12. The Morgan fingerprint density at radius 1 is 1.77 bits per heavy atom. The topological polar surface area (TPSA) is 46.5 Å². The number of hydrogen-bond donors (Lipinski definition) is 1. The first kappa shape index (κ1) is 9.84. The molecule has 3 nitrogen and oxygen atoms in total. The second-order valence-electron chi connectivity index (χ2n) is 3.10. The van der Waals surface area contributed by atoms with Crippen LogP contribution in [0.5, 0.6) is 0 Å². The fourth-order valence-electron chi connectivity index (χ4n) is 1.23. The minimum Gasteiger partial charge on any atom is -0.507 e. The summed E-state index contributed by atoms with van der Waals surface area (Å²) < 4.78 is 4.78. The van der Waals surface area contributed by atoms with Gasteiger partial charge in [-0.15, -0.1) is 0 Å². The molecule has 0 heterocycles. The number of rotatable bonds is 2. The Hall–Kier alpha value is -1.25. The van der Waals surface area contributed by atoms with Crippen LogP contribution < -0.4 is 0 Å². The molecule has 1 atom stereocenters. The highest BCUT2D eigenvalue weighted by Gasteiger charge is 2.19. The Balaban J connectivity index is 2.71.